The van der Waals surface area contributed by atoms with Crippen LogP contribution >= 0.6 is 0 Å². The van der Waals surface area contributed by atoms with Crippen LogP contribution in [-0.2, 0) is 9.47 Å². The number of hydrogen-bond acceptors (Lipinski definition) is 3. The molecule has 140 valence electrons. The van der Waals surface area contributed by atoms with E-state index in [0.717, 1.165) is 19.3 Å². The summed E-state index contributed by atoms with van der Waals surface area (Å²) in [4.78, 5) is 0. The van der Waals surface area contributed by atoms with Gasteiger partial charge in [-0.1, -0.05) is 45.4 Å². The summed E-state index contributed by atoms with van der Waals surface area (Å²) >= 11 is 0. The lowest BCUT2D eigenvalue weighted by molar-refractivity contribution is -0.287. The van der Waals surface area contributed by atoms with E-state index in [-0.39, 0.29) is 18.8 Å². The van der Waals surface area contributed by atoms with Crippen LogP contribution in [0.4, 0.5) is 0 Å². The molecular weight excluding hydrogens is 288 g/mol. The van der Waals surface area contributed by atoms with Crippen molar-refractivity contribution in [3.63, 3.8) is 0 Å². The van der Waals surface area contributed by atoms with Crippen LogP contribution < -0.4 is 0 Å². The van der Waals surface area contributed by atoms with Gasteiger partial charge in [0.15, 0.2) is 5.79 Å². The zero-order valence-electron chi connectivity index (χ0n) is 16.6. The van der Waals surface area contributed by atoms with Crippen LogP contribution in [0.15, 0.2) is 0 Å². The molecule has 0 amide bonds. The third kappa shape index (κ3) is 11.1. The van der Waals surface area contributed by atoms with Gasteiger partial charge >= 0.3 is 0 Å². The van der Waals surface area contributed by atoms with E-state index in [2.05, 4.69) is 41.5 Å². The first-order chi connectivity index (χ1) is 10.9. The highest BCUT2D eigenvalue weighted by Gasteiger charge is 2.37. The standard InChI is InChI=1S/C20H42O3/c1-7-8-9-10-11-12-14-19(15-13-16-21)20(6,22-17(2)3)23-18(4)5/h17-19,21H,7-16H2,1-6H3. The van der Waals surface area contributed by atoms with Gasteiger partial charge in [0.05, 0.1) is 12.2 Å². The number of ether oxygens (including phenoxy) is 2. The molecule has 0 bridgehead atoms. The highest BCUT2D eigenvalue weighted by atomic mass is 16.7. The smallest absolute Gasteiger partial charge is 0.168 e. The Bertz CT molecular complexity index is 254. The van der Waals surface area contributed by atoms with Gasteiger partial charge in [0, 0.05) is 12.5 Å². The summed E-state index contributed by atoms with van der Waals surface area (Å²) in [5, 5.41) is 9.23. The molecule has 0 aromatic rings. The Balaban J connectivity index is 4.64. The van der Waals surface area contributed by atoms with Gasteiger partial charge in [-0.05, 0) is 53.9 Å². The molecule has 0 aliphatic carbocycles. The third-order valence-electron chi connectivity index (χ3n) is 4.30. The molecule has 0 aliphatic heterocycles. The molecule has 0 aliphatic rings. The number of aliphatic hydroxyl groups is 1. The van der Waals surface area contributed by atoms with Gasteiger partial charge in [-0.2, -0.15) is 0 Å². The molecule has 1 unspecified atom stereocenters. The average molecular weight is 331 g/mol. The minimum absolute atomic E-state index is 0.139. The molecule has 0 fully saturated rings. The van der Waals surface area contributed by atoms with Crippen molar-refractivity contribution in [2.45, 2.75) is 117 Å². The van der Waals surface area contributed by atoms with Crippen molar-refractivity contribution in [1.29, 1.82) is 0 Å². The molecule has 23 heavy (non-hydrogen) atoms. The molecule has 0 heterocycles. The van der Waals surface area contributed by atoms with Gasteiger partial charge in [0.25, 0.3) is 0 Å². The zero-order chi connectivity index (χ0) is 17.7. The molecule has 0 rings (SSSR count). The van der Waals surface area contributed by atoms with Crippen LogP contribution in [0, 0.1) is 5.92 Å². The molecule has 0 saturated heterocycles. The predicted molar refractivity (Wildman–Crippen MR) is 98.6 cm³/mol. The van der Waals surface area contributed by atoms with Gasteiger partial charge in [0.2, 0.25) is 0 Å². The average Bonchev–Trinajstić information content (AvgIpc) is 2.43. The fourth-order valence-electron chi connectivity index (χ4n) is 3.33. The molecular formula is C20H42O3. The summed E-state index contributed by atoms with van der Waals surface area (Å²) in [6, 6.07) is 0. The summed E-state index contributed by atoms with van der Waals surface area (Å²) in [5.74, 6) is -0.216. The minimum Gasteiger partial charge on any atom is -0.396 e. The van der Waals surface area contributed by atoms with Crippen molar-refractivity contribution < 1.29 is 14.6 Å². The molecule has 3 heteroatoms. The van der Waals surface area contributed by atoms with E-state index >= 15 is 0 Å². The SMILES string of the molecule is CCCCCCCCC(CCCO)C(C)(OC(C)C)OC(C)C. The van der Waals surface area contributed by atoms with Crippen molar-refractivity contribution in [1.82, 2.24) is 0 Å². The Morgan fingerprint density at radius 2 is 1.26 bits per heavy atom. The summed E-state index contributed by atoms with van der Waals surface area (Å²) in [7, 11) is 0. The molecule has 1 N–H and O–H groups in total. The van der Waals surface area contributed by atoms with E-state index in [1.807, 2.05) is 0 Å². The van der Waals surface area contributed by atoms with Gasteiger partial charge in [-0.15, -0.1) is 0 Å². The Morgan fingerprint density at radius 3 is 1.74 bits per heavy atom. The summed E-state index contributed by atoms with van der Waals surface area (Å²) < 4.78 is 12.4. The quantitative estimate of drug-likeness (QED) is 0.309. The first kappa shape index (κ1) is 22.9. The first-order valence-electron chi connectivity index (χ1n) is 9.82. The topological polar surface area (TPSA) is 38.7 Å². The van der Waals surface area contributed by atoms with Crippen molar-refractivity contribution >= 4 is 0 Å². The minimum atomic E-state index is -0.555. The van der Waals surface area contributed by atoms with E-state index < -0.39 is 5.79 Å². The van der Waals surface area contributed by atoms with E-state index in [4.69, 9.17) is 9.47 Å². The summed E-state index contributed by atoms with van der Waals surface area (Å²) in [6.45, 7) is 12.8. The van der Waals surface area contributed by atoms with Crippen molar-refractivity contribution in [2.24, 2.45) is 5.92 Å². The van der Waals surface area contributed by atoms with E-state index in [0.29, 0.717) is 5.92 Å². The lowest BCUT2D eigenvalue weighted by atomic mass is 9.88. The number of aliphatic hydroxyl groups excluding tert-OH is 1. The number of unbranched alkanes of at least 4 members (excludes halogenated alkanes) is 5. The van der Waals surface area contributed by atoms with E-state index in [1.54, 1.807) is 0 Å². The van der Waals surface area contributed by atoms with Gasteiger partial charge in [0.1, 0.15) is 0 Å². The number of rotatable bonds is 15. The third-order valence-corrected chi connectivity index (χ3v) is 4.30. The molecule has 0 aromatic carbocycles. The lowest BCUT2D eigenvalue weighted by Crippen LogP contribution is -2.44. The normalized spacial score (nSPS) is 14.0. The molecule has 0 radical (unpaired) electrons. The summed E-state index contributed by atoms with van der Waals surface area (Å²) in [6.07, 6.45) is 11.0. The lowest BCUT2D eigenvalue weighted by Gasteiger charge is -2.40. The van der Waals surface area contributed by atoms with Crippen LogP contribution in [0.25, 0.3) is 0 Å². The van der Waals surface area contributed by atoms with Gasteiger partial charge < -0.3 is 14.6 Å². The summed E-state index contributed by atoms with van der Waals surface area (Å²) in [5.41, 5.74) is 0. The van der Waals surface area contributed by atoms with Crippen LogP contribution in [0.1, 0.15) is 99.3 Å². The van der Waals surface area contributed by atoms with Crippen LogP contribution in [0.5, 0.6) is 0 Å². The molecule has 3 nitrogen and oxygen atoms in total. The second-order valence-corrected chi connectivity index (χ2v) is 7.47. The molecule has 0 spiro atoms. The Labute approximate surface area is 145 Å². The van der Waals surface area contributed by atoms with E-state index in [1.165, 1.54) is 38.5 Å². The maximum absolute atomic E-state index is 9.23. The van der Waals surface area contributed by atoms with Crippen molar-refractivity contribution in [3.05, 3.63) is 0 Å². The second-order valence-electron chi connectivity index (χ2n) is 7.47. The van der Waals surface area contributed by atoms with E-state index in [9.17, 15) is 5.11 Å². The highest BCUT2D eigenvalue weighted by molar-refractivity contribution is 4.78. The maximum Gasteiger partial charge on any atom is 0.168 e. The highest BCUT2D eigenvalue weighted by Crippen LogP contribution is 2.34. The Morgan fingerprint density at radius 1 is 0.783 bits per heavy atom. The fraction of sp³-hybridized carbons (Fsp3) is 1.00. The zero-order valence-corrected chi connectivity index (χ0v) is 16.6. The molecule has 1 atom stereocenters. The Hall–Kier alpha value is -0.120. The first-order valence-corrected chi connectivity index (χ1v) is 9.82. The fourth-order valence-corrected chi connectivity index (χ4v) is 3.33. The number of hydrogen-bond donors (Lipinski definition) is 1. The monoisotopic (exact) mass is 330 g/mol. The predicted octanol–water partition coefficient (Wildman–Crippen LogP) is 5.69. The Kier molecular flexibility index (Phi) is 13.1. The maximum atomic E-state index is 9.23. The van der Waals surface area contributed by atoms with Crippen molar-refractivity contribution in [3.8, 4) is 0 Å². The molecule has 0 saturated carbocycles. The van der Waals surface area contributed by atoms with Gasteiger partial charge in [-0.25, -0.2) is 0 Å². The van der Waals surface area contributed by atoms with Crippen LogP contribution in [0.3, 0.4) is 0 Å². The van der Waals surface area contributed by atoms with Crippen molar-refractivity contribution in [2.75, 3.05) is 6.61 Å². The largest absolute Gasteiger partial charge is 0.396 e. The second kappa shape index (κ2) is 13.2. The molecule has 0 aromatic heterocycles. The van der Waals surface area contributed by atoms with Crippen LogP contribution in [-0.4, -0.2) is 29.7 Å². The van der Waals surface area contributed by atoms with Crippen LogP contribution in [0.2, 0.25) is 0 Å². The van der Waals surface area contributed by atoms with Gasteiger partial charge in [-0.3, -0.25) is 0 Å².